The fourth-order valence-corrected chi connectivity index (χ4v) is 3.18. The molecule has 4 rings (SSSR count). The summed E-state index contributed by atoms with van der Waals surface area (Å²) in [7, 11) is 0. The summed E-state index contributed by atoms with van der Waals surface area (Å²) in [4.78, 5) is 11.7. The summed E-state index contributed by atoms with van der Waals surface area (Å²) in [5.41, 5.74) is 15.7. The number of rotatable bonds is 2. The zero-order valence-corrected chi connectivity index (χ0v) is 15.3. The second-order valence-electron chi connectivity index (χ2n) is 5.96. The predicted octanol–water partition coefficient (Wildman–Crippen LogP) is 3.97. The van der Waals surface area contributed by atoms with Crippen molar-refractivity contribution in [2.24, 2.45) is 5.73 Å². The Morgan fingerprint density at radius 2 is 1.85 bits per heavy atom. The van der Waals surface area contributed by atoms with Crippen LogP contribution in [0, 0.1) is 0 Å². The molecule has 1 aliphatic carbocycles. The van der Waals surface area contributed by atoms with E-state index in [1.807, 2.05) is 44.2 Å². The van der Waals surface area contributed by atoms with Gasteiger partial charge in [0.15, 0.2) is 0 Å². The highest BCUT2D eigenvalue weighted by Crippen LogP contribution is 2.44. The summed E-state index contributed by atoms with van der Waals surface area (Å²) in [5.74, 6) is 0.227. The molecule has 0 amide bonds. The van der Waals surface area contributed by atoms with E-state index in [1.54, 1.807) is 30.3 Å². The van der Waals surface area contributed by atoms with Crippen LogP contribution < -0.4 is 16.2 Å². The number of ether oxygens (including phenoxy) is 1. The molecule has 0 saturated heterocycles. The molecule has 1 heterocycles. The van der Waals surface area contributed by atoms with E-state index < -0.39 is 5.97 Å². The van der Waals surface area contributed by atoms with Gasteiger partial charge in [-0.05, 0) is 29.8 Å². The molecule has 0 saturated carbocycles. The zero-order valence-electron chi connectivity index (χ0n) is 15.3. The summed E-state index contributed by atoms with van der Waals surface area (Å²) in [6.45, 7) is 4.00. The number of allylic oxidation sites excluding steroid dienone is 1. The van der Waals surface area contributed by atoms with Crippen molar-refractivity contribution in [3.63, 3.8) is 0 Å². The molecule has 5 nitrogen and oxygen atoms in total. The van der Waals surface area contributed by atoms with Crippen molar-refractivity contribution in [3.05, 3.63) is 88.7 Å². The molecule has 2 aliphatic rings. The quantitative estimate of drug-likeness (QED) is 0.702. The molecule has 0 spiro atoms. The van der Waals surface area contributed by atoms with Crippen LogP contribution in [0.4, 0.5) is 5.69 Å². The maximum atomic E-state index is 11.7. The van der Waals surface area contributed by atoms with Gasteiger partial charge in [-0.15, -0.1) is 0 Å². The predicted molar refractivity (Wildman–Crippen MR) is 107 cm³/mol. The van der Waals surface area contributed by atoms with Gasteiger partial charge in [0.05, 0.1) is 5.56 Å². The number of carboxylic acids is 1. The van der Waals surface area contributed by atoms with Crippen LogP contribution in [0.25, 0.3) is 5.57 Å². The average Bonchev–Trinajstić information content (AvgIpc) is 2.67. The number of benzene rings is 2. The number of aromatic carboxylic acids is 1. The van der Waals surface area contributed by atoms with Crippen LogP contribution in [0.1, 0.15) is 35.3 Å². The number of nitrogens with two attached hydrogens (primary N) is 2. The van der Waals surface area contributed by atoms with Gasteiger partial charge in [-0.2, -0.15) is 0 Å². The topological polar surface area (TPSA) is 98.6 Å². The van der Waals surface area contributed by atoms with Gasteiger partial charge in [-0.25, -0.2) is 4.79 Å². The molecule has 5 heteroatoms. The lowest BCUT2D eigenvalue weighted by Crippen LogP contribution is -2.21. The fourth-order valence-electron chi connectivity index (χ4n) is 3.18. The molecule has 0 fully saturated rings. The molecule has 27 heavy (non-hydrogen) atoms. The van der Waals surface area contributed by atoms with E-state index in [1.165, 1.54) is 0 Å². The number of hydrogen-bond acceptors (Lipinski definition) is 4. The Labute approximate surface area is 158 Å². The minimum atomic E-state index is -0.978. The first-order valence-electron chi connectivity index (χ1n) is 8.85. The largest absolute Gasteiger partial charge is 0.478 e. The van der Waals surface area contributed by atoms with Gasteiger partial charge in [0.2, 0.25) is 0 Å². The molecule has 0 aromatic heterocycles. The van der Waals surface area contributed by atoms with Crippen molar-refractivity contribution in [1.82, 2.24) is 0 Å². The summed E-state index contributed by atoms with van der Waals surface area (Å²) in [6.07, 6.45) is 5.55. The Kier molecular flexibility index (Phi) is 5.14. The second kappa shape index (κ2) is 7.51. The molecule has 1 aliphatic heterocycles. The van der Waals surface area contributed by atoms with Crippen molar-refractivity contribution in [3.8, 4) is 5.75 Å². The number of carbonyl (C=O) groups is 1. The Balaban J connectivity index is 0.00000102. The first kappa shape index (κ1) is 18.5. The highest BCUT2D eigenvalue weighted by molar-refractivity contribution is 6.00. The van der Waals surface area contributed by atoms with Crippen LogP contribution in [-0.4, -0.2) is 17.1 Å². The van der Waals surface area contributed by atoms with Gasteiger partial charge in [-0.3, -0.25) is 0 Å². The molecule has 2 aromatic rings. The summed E-state index contributed by atoms with van der Waals surface area (Å²) in [5, 5.41) is 9.60. The Bertz CT molecular complexity index is 987. The molecule has 1 unspecified atom stereocenters. The van der Waals surface area contributed by atoms with Crippen LogP contribution in [0.3, 0.4) is 0 Å². The van der Waals surface area contributed by atoms with E-state index in [0.29, 0.717) is 22.8 Å². The molecule has 5 N–H and O–H groups in total. The number of nitrogen functional groups attached to an aromatic ring is 1. The average molecular weight is 362 g/mol. The van der Waals surface area contributed by atoms with Crippen LogP contribution in [0.15, 0.2) is 72.0 Å². The van der Waals surface area contributed by atoms with E-state index in [9.17, 15) is 9.90 Å². The first-order chi connectivity index (χ1) is 13.0. The number of carboxylic acid groups (broad SMARTS) is 1. The summed E-state index contributed by atoms with van der Waals surface area (Å²) >= 11 is 0. The maximum absolute atomic E-state index is 11.7. The molecule has 0 radical (unpaired) electrons. The van der Waals surface area contributed by atoms with E-state index in [2.05, 4.69) is 0 Å². The van der Waals surface area contributed by atoms with Crippen LogP contribution in [0.2, 0.25) is 0 Å². The van der Waals surface area contributed by atoms with Crippen molar-refractivity contribution < 1.29 is 14.6 Å². The first-order valence-corrected chi connectivity index (χ1v) is 8.85. The van der Waals surface area contributed by atoms with Crippen LogP contribution in [0.5, 0.6) is 5.75 Å². The number of anilines is 1. The lowest BCUT2D eigenvalue weighted by atomic mass is 9.85. The standard InChI is InChI=1S/C20H16N2O3.C2H6/c21-11-5-7-15-17(9-11)25-18-10-12(22)6-8-16(18)19(15)13-3-1-2-4-14(13)20(23)24;1-2/h1-11H,21-22H2,(H,23,24);1-2H3. The Hall–Kier alpha value is -3.31. The highest BCUT2D eigenvalue weighted by Gasteiger charge is 2.28. The third-order valence-corrected chi connectivity index (χ3v) is 4.29. The van der Waals surface area contributed by atoms with Crippen LogP contribution >= 0.6 is 0 Å². The molecule has 2 aromatic carbocycles. The molecule has 1 atom stereocenters. The number of hydrogen-bond donors (Lipinski definition) is 3. The lowest BCUT2D eigenvalue weighted by Gasteiger charge is -2.28. The van der Waals surface area contributed by atoms with Gasteiger partial charge in [0.25, 0.3) is 0 Å². The van der Waals surface area contributed by atoms with Crippen molar-refractivity contribution in [2.45, 2.75) is 19.9 Å². The van der Waals surface area contributed by atoms with Crippen molar-refractivity contribution in [1.29, 1.82) is 0 Å². The van der Waals surface area contributed by atoms with E-state index >= 15 is 0 Å². The zero-order chi connectivity index (χ0) is 19.6. The molecule has 0 bridgehead atoms. The SMILES string of the molecule is CC.Nc1ccc2c(c1)OC1=CC(N)C=CC1=C2c1ccccc1C(=O)O. The molecule has 138 valence electrons. The summed E-state index contributed by atoms with van der Waals surface area (Å²) in [6, 6.07) is 12.0. The van der Waals surface area contributed by atoms with E-state index in [0.717, 1.165) is 16.7 Å². The minimum Gasteiger partial charge on any atom is -0.478 e. The van der Waals surface area contributed by atoms with Gasteiger partial charge in [0, 0.05) is 34.5 Å². The summed E-state index contributed by atoms with van der Waals surface area (Å²) < 4.78 is 5.98. The van der Waals surface area contributed by atoms with Gasteiger partial charge < -0.3 is 21.3 Å². The normalized spacial score (nSPS) is 17.0. The Morgan fingerprint density at radius 1 is 1.11 bits per heavy atom. The van der Waals surface area contributed by atoms with E-state index in [4.69, 9.17) is 16.2 Å². The van der Waals surface area contributed by atoms with E-state index in [-0.39, 0.29) is 11.6 Å². The Morgan fingerprint density at radius 3 is 2.59 bits per heavy atom. The highest BCUT2D eigenvalue weighted by atomic mass is 16.5. The van der Waals surface area contributed by atoms with Crippen molar-refractivity contribution >= 4 is 17.2 Å². The lowest BCUT2D eigenvalue weighted by molar-refractivity contribution is 0.0696. The third kappa shape index (κ3) is 3.37. The smallest absolute Gasteiger partial charge is 0.336 e. The second-order valence-corrected chi connectivity index (χ2v) is 5.96. The van der Waals surface area contributed by atoms with Gasteiger partial charge >= 0.3 is 5.97 Å². The molecular formula is C22H22N2O3. The molecular weight excluding hydrogens is 340 g/mol. The minimum absolute atomic E-state index is 0.234. The fraction of sp³-hybridized carbons (Fsp3) is 0.136. The van der Waals surface area contributed by atoms with Gasteiger partial charge in [-0.1, -0.05) is 44.2 Å². The van der Waals surface area contributed by atoms with Gasteiger partial charge in [0.1, 0.15) is 11.5 Å². The maximum Gasteiger partial charge on any atom is 0.336 e. The van der Waals surface area contributed by atoms with Crippen LogP contribution in [-0.2, 0) is 0 Å². The number of fused-ring (bicyclic) bond motifs is 2. The third-order valence-electron chi connectivity index (χ3n) is 4.29. The van der Waals surface area contributed by atoms with Crippen molar-refractivity contribution in [2.75, 3.05) is 5.73 Å². The monoisotopic (exact) mass is 362 g/mol.